The fourth-order valence-electron chi connectivity index (χ4n) is 3.13. The molecule has 0 saturated carbocycles. The van der Waals surface area contributed by atoms with Crippen LogP contribution in [0.25, 0.3) is 0 Å². The van der Waals surface area contributed by atoms with Crippen LogP contribution in [0.15, 0.2) is 35.7 Å². The molecule has 2 aromatic rings. The number of hydrogen-bond acceptors (Lipinski definition) is 6. The molecule has 1 aromatic heterocycles. The van der Waals surface area contributed by atoms with Gasteiger partial charge < -0.3 is 5.32 Å². The van der Waals surface area contributed by atoms with Crippen molar-refractivity contribution in [1.82, 2.24) is 10.2 Å². The monoisotopic (exact) mass is 401 g/mol. The molecular weight excluding hydrogens is 382 g/mol. The van der Waals surface area contributed by atoms with E-state index in [0.29, 0.717) is 0 Å². The zero-order valence-electron chi connectivity index (χ0n) is 15.6. The topological polar surface area (TPSA) is 110 Å². The van der Waals surface area contributed by atoms with E-state index in [-0.39, 0.29) is 22.6 Å². The summed E-state index contributed by atoms with van der Waals surface area (Å²) in [4.78, 5) is 49.9. The second-order valence-electron chi connectivity index (χ2n) is 7.54. The van der Waals surface area contributed by atoms with Crippen molar-refractivity contribution in [3.05, 3.63) is 61.8 Å². The van der Waals surface area contributed by atoms with Crippen molar-refractivity contribution in [2.45, 2.75) is 26.8 Å². The number of nitrogens with zero attached hydrogens (tertiary/aromatic N) is 2. The Balaban J connectivity index is 1.81. The molecule has 8 nitrogen and oxygen atoms in total. The van der Waals surface area contributed by atoms with Crippen LogP contribution in [0, 0.1) is 15.5 Å². The normalized spacial score (nSPS) is 14.8. The van der Waals surface area contributed by atoms with Crippen LogP contribution in [-0.4, -0.2) is 34.1 Å². The number of nitro benzene ring substituents is 1. The highest BCUT2D eigenvalue weighted by Gasteiger charge is 2.42. The first-order valence-electron chi connectivity index (χ1n) is 8.57. The average Bonchev–Trinajstić information content (AvgIpc) is 3.22. The second kappa shape index (κ2) is 7.16. The molecule has 2 heterocycles. The van der Waals surface area contributed by atoms with Gasteiger partial charge in [-0.1, -0.05) is 32.9 Å². The lowest BCUT2D eigenvalue weighted by molar-refractivity contribution is -0.385. The molecule has 0 aliphatic carbocycles. The van der Waals surface area contributed by atoms with E-state index in [1.807, 2.05) is 38.3 Å². The largest absolute Gasteiger partial charge is 0.346 e. The fourth-order valence-corrected chi connectivity index (χ4v) is 4.15. The molecule has 9 heteroatoms. The van der Waals surface area contributed by atoms with Crippen LogP contribution in [0.1, 0.15) is 52.4 Å². The van der Waals surface area contributed by atoms with Crippen LogP contribution in [0.5, 0.6) is 0 Å². The molecule has 1 aliphatic rings. The van der Waals surface area contributed by atoms with E-state index in [4.69, 9.17) is 0 Å². The van der Waals surface area contributed by atoms with E-state index >= 15 is 0 Å². The summed E-state index contributed by atoms with van der Waals surface area (Å²) >= 11 is 1.50. The summed E-state index contributed by atoms with van der Waals surface area (Å²) in [5.41, 5.74) is -1.06. The highest BCUT2D eigenvalue weighted by atomic mass is 32.1. The molecule has 1 aromatic carbocycles. The molecule has 28 heavy (non-hydrogen) atoms. The molecule has 0 radical (unpaired) electrons. The van der Waals surface area contributed by atoms with Crippen molar-refractivity contribution in [2.24, 2.45) is 5.41 Å². The number of imide groups is 1. The van der Waals surface area contributed by atoms with E-state index in [2.05, 4.69) is 5.32 Å². The van der Waals surface area contributed by atoms with Gasteiger partial charge in [0.2, 0.25) is 5.91 Å². The van der Waals surface area contributed by atoms with Crippen molar-refractivity contribution in [3.63, 3.8) is 0 Å². The quantitative estimate of drug-likeness (QED) is 0.470. The van der Waals surface area contributed by atoms with Gasteiger partial charge in [-0.2, -0.15) is 0 Å². The summed E-state index contributed by atoms with van der Waals surface area (Å²) in [6, 6.07) is 7.35. The number of fused-ring (bicyclic) bond motifs is 1. The van der Waals surface area contributed by atoms with Crippen LogP contribution in [-0.2, 0) is 4.79 Å². The molecule has 0 bridgehead atoms. The van der Waals surface area contributed by atoms with Crippen molar-refractivity contribution < 1.29 is 19.3 Å². The van der Waals surface area contributed by atoms with Crippen molar-refractivity contribution in [1.29, 1.82) is 0 Å². The smallest absolute Gasteiger partial charge is 0.282 e. The van der Waals surface area contributed by atoms with Crippen molar-refractivity contribution >= 4 is 34.7 Å². The van der Waals surface area contributed by atoms with Gasteiger partial charge in [0.1, 0.15) is 12.1 Å². The lowest BCUT2D eigenvalue weighted by atomic mass is 9.85. The Hall–Kier alpha value is -3.07. The van der Waals surface area contributed by atoms with E-state index < -0.39 is 34.9 Å². The molecule has 0 spiro atoms. The predicted octanol–water partition coefficient (Wildman–Crippen LogP) is 3.16. The summed E-state index contributed by atoms with van der Waals surface area (Å²) < 4.78 is 0. The van der Waals surface area contributed by atoms with E-state index in [9.17, 15) is 24.5 Å². The Bertz CT molecular complexity index is 962. The van der Waals surface area contributed by atoms with Gasteiger partial charge in [-0.3, -0.25) is 29.4 Å². The van der Waals surface area contributed by atoms with E-state index in [1.165, 1.54) is 29.5 Å². The maximum atomic E-state index is 12.6. The summed E-state index contributed by atoms with van der Waals surface area (Å²) in [6.07, 6.45) is 0. The molecule has 0 saturated heterocycles. The number of nitro groups is 1. The zero-order valence-corrected chi connectivity index (χ0v) is 16.4. The third-order valence-electron chi connectivity index (χ3n) is 4.47. The van der Waals surface area contributed by atoms with Crippen LogP contribution < -0.4 is 5.32 Å². The Morgan fingerprint density at radius 3 is 2.50 bits per heavy atom. The van der Waals surface area contributed by atoms with Crippen LogP contribution >= 0.6 is 11.3 Å². The van der Waals surface area contributed by atoms with E-state index in [1.54, 1.807) is 0 Å². The van der Waals surface area contributed by atoms with Gasteiger partial charge in [0.25, 0.3) is 17.5 Å². The molecule has 146 valence electrons. The van der Waals surface area contributed by atoms with Gasteiger partial charge in [0, 0.05) is 10.9 Å². The Kier molecular flexibility index (Phi) is 5.03. The molecule has 1 N–H and O–H groups in total. The molecule has 3 amide bonds. The number of carbonyl (C=O) groups excluding carboxylic acids is 3. The third kappa shape index (κ3) is 3.53. The summed E-state index contributed by atoms with van der Waals surface area (Å²) in [7, 11) is 0. The second-order valence-corrected chi connectivity index (χ2v) is 8.51. The summed E-state index contributed by atoms with van der Waals surface area (Å²) in [5.74, 6) is -2.04. The van der Waals surface area contributed by atoms with Gasteiger partial charge in [0.05, 0.1) is 16.5 Å². The van der Waals surface area contributed by atoms with Crippen molar-refractivity contribution in [3.8, 4) is 0 Å². The minimum Gasteiger partial charge on any atom is -0.346 e. The minimum absolute atomic E-state index is 0.0578. The number of rotatable bonds is 5. The minimum atomic E-state index is -0.828. The number of amides is 3. The standard InChI is InChI=1S/C19H19N3O5S/c1-19(2,3)16(13-8-5-9-28-13)20-14(23)10-21-17(24)11-6-4-7-12(22(26)27)15(11)18(21)25/h4-9,16H,10H2,1-3H3,(H,20,23). The lowest BCUT2D eigenvalue weighted by Crippen LogP contribution is -2.44. The number of benzene rings is 1. The van der Waals surface area contributed by atoms with Gasteiger partial charge in [0.15, 0.2) is 0 Å². The lowest BCUT2D eigenvalue weighted by Gasteiger charge is -2.31. The first kappa shape index (κ1) is 19.7. The zero-order chi connectivity index (χ0) is 20.6. The molecule has 1 aliphatic heterocycles. The Labute approximate surface area is 165 Å². The molecular formula is C19H19N3O5S. The summed E-state index contributed by atoms with van der Waals surface area (Å²) in [6.45, 7) is 5.43. The maximum Gasteiger partial charge on any atom is 0.282 e. The van der Waals surface area contributed by atoms with Crippen LogP contribution in [0.3, 0.4) is 0 Å². The highest BCUT2D eigenvalue weighted by molar-refractivity contribution is 7.10. The fraction of sp³-hybridized carbons (Fsp3) is 0.316. The van der Waals surface area contributed by atoms with Gasteiger partial charge in [-0.15, -0.1) is 11.3 Å². The molecule has 1 unspecified atom stereocenters. The Morgan fingerprint density at radius 1 is 1.21 bits per heavy atom. The van der Waals surface area contributed by atoms with Gasteiger partial charge >= 0.3 is 0 Å². The average molecular weight is 401 g/mol. The number of hydrogen-bond donors (Lipinski definition) is 1. The first-order valence-corrected chi connectivity index (χ1v) is 9.45. The SMILES string of the molecule is CC(C)(C)C(NC(=O)CN1C(=O)c2cccc([N+](=O)[O-])c2C1=O)c1cccs1. The highest BCUT2D eigenvalue weighted by Crippen LogP contribution is 2.35. The molecule has 0 fully saturated rings. The van der Waals surface area contributed by atoms with Gasteiger partial charge in [-0.25, -0.2) is 0 Å². The number of nitrogens with one attached hydrogen (secondary N) is 1. The maximum absolute atomic E-state index is 12.6. The number of thiophene rings is 1. The molecule has 1 atom stereocenters. The van der Waals surface area contributed by atoms with E-state index in [0.717, 1.165) is 9.78 Å². The Morgan fingerprint density at radius 2 is 1.93 bits per heavy atom. The summed E-state index contributed by atoms with van der Waals surface area (Å²) in [5, 5.41) is 16.0. The van der Waals surface area contributed by atoms with Crippen molar-refractivity contribution in [2.75, 3.05) is 6.54 Å². The third-order valence-corrected chi connectivity index (χ3v) is 5.41. The molecule has 3 rings (SSSR count). The first-order chi connectivity index (χ1) is 13.1. The van der Waals surface area contributed by atoms with Gasteiger partial charge in [-0.05, 0) is 22.9 Å². The number of carbonyl (C=O) groups is 3. The van der Waals surface area contributed by atoms with Crippen LogP contribution in [0.4, 0.5) is 5.69 Å². The van der Waals surface area contributed by atoms with Crippen LogP contribution in [0.2, 0.25) is 0 Å². The predicted molar refractivity (Wildman–Crippen MR) is 103 cm³/mol.